The zero-order chi connectivity index (χ0) is 13.2. The third-order valence-electron chi connectivity index (χ3n) is 3.33. The van der Waals surface area contributed by atoms with Crippen molar-refractivity contribution in [2.45, 2.75) is 46.6 Å². The average molecular weight is 258 g/mol. The van der Waals surface area contributed by atoms with Gasteiger partial charge >= 0.3 is 0 Å². The largest absolute Gasteiger partial charge is 0.316 e. The zero-order valence-electron chi connectivity index (χ0n) is 11.8. The molecule has 98 valence electrons. The van der Waals surface area contributed by atoms with E-state index < -0.39 is 0 Å². The molecule has 0 saturated heterocycles. The average Bonchev–Trinajstić information content (AvgIpc) is 2.43. The molecule has 0 saturated carbocycles. The first kappa shape index (κ1) is 14.5. The molecule has 1 rings (SSSR count). The van der Waals surface area contributed by atoms with Crippen LogP contribution in [0.25, 0.3) is 0 Å². The summed E-state index contributed by atoms with van der Waals surface area (Å²) in [6, 6.07) is 0.480. The van der Waals surface area contributed by atoms with E-state index in [4.69, 9.17) is 11.6 Å². The van der Waals surface area contributed by atoms with E-state index >= 15 is 0 Å². The van der Waals surface area contributed by atoms with Crippen LogP contribution in [0.4, 0.5) is 0 Å². The van der Waals surface area contributed by atoms with E-state index in [2.05, 4.69) is 31.2 Å². The maximum absolute atomic E-state index is 6.25. The lowest BCUT2D eigenvalue weighted by molar-refractivity contribution is 0.266. The predicted octanol–water partition coefficient (Wildman–Crippen LogP) is 2.95. The van der Waals surface area contributed by atoms with Crippen molar-refractivity contribution in [1.82, 2.24) is 15.1 Å². The molecular weight excluding hydrogens is 234 g/mol. The van der Waals surface area contributed by atoms with Gasteiger partial charge in [0.1, 0.15) is 0 Å². The van der Waals surface area contributed by atoms with Gasteiger partial charge in [0.2, 0.25) is 0 Å². The standard InChI is InChI=1S/C13H24ClN3/c1-9-12(14)10(17(6)16-9)7-8-11(15-5)13(2,3)4/h11,15H,7-8H2,1-6H3. The Morgan fingerprint density at radius 2 is 2.00 bits per heavy atom. The molecule has 3 nitrogen and oxygen atoms in total. The van der Waals surface area contributed by atoms with Crippen LogP contribution in [-0.4, -0.2) is 22.9 Å². The Morgan fingerprint density at radius 1 is 1.41 bits per heavy atom. The van der Waals surface area contributed by atoms with Gasteiger partial charge in [-0.1, -0.05) is 32.4 Å². The van der Waals surface area contributed by atoms with Crippen molar-refractivity contribution in [3.63, 3.8) is 0 Å². The molecular formula is C13H24ClN3. The number of rotatable bonds is 4. The summed E-state index contributed by atoms with van der Waals surface area (Å²) in [6.07, 6.45) is 2.03. The van der Waals surface area contributed by atoms with Crippen LogP contribution in [0.1, 0.15) is 38.6 Å². The Labute approximate surface area is 110 Å². The lowest BCUT2D eigenvalue weighted by Crippen LogP contribution is -2.38. The molecule has 0 aliphatic rings. The number of nitrogens with zero attached hydrogens (tertiary/aromatic N) is 2. The van der Waals surface area contributed by atoms with Crippen molar-refractivity contribution in [2.75, 3.05) is 7.05 Å². The molecule has 0 aliphatic heterocycles. The van der Waals surface area contributed by atoms with E-state index in [1.54, 1.807) is 0 Å². The summed E-state index contributed by atoms with van der Waals surface area (Å²) in [5.74, 6) is 0. The summed E-state index contributed by atoms with van der Waals surface area (Å²) in [5.41, 5.74) is 2.31. The Bertz CT molecular complexity index is 377. The third kappa shape index (κ3) is 3.46. The molecule has 1 unspecified atom stereocenters. The normalized spacial score (nSPS) is 14.1. The van der Waals surface area contributed by atoms with Crippen LogP contribution in [0.3, 0.4) is 0 Å². The smallest absolute Gasteiger partial charge is 0.0846 e. The Hall–Kier alpha value is -0.540. The Kier molecular flexibility index (Phi) is 4.62. The first-order chi connectivity index (χ1) is 7.77. The molecule has 0 bridgehead atoms. The number of hydrogen-bond donors (Lipinski definition) is 1. The van der Waals surface area contributed by atoms with Crippen molar-refractivity contribution < 1.29 is 0 Å². The predicted molar refractivity (Wildman–Crippen MR) is 73.6 cm³/mol. The van der Waals surface area contributed by atoms with E-state index in [1.807, 2.05) is 25.7 Å². The summed E-state index contributed by atoms with van der Waals surface area (Å²) in [4.78, 5) is 0. The molecule has 1 heterocycles. The fraction of sp³-hybridized carbons (Fsp3) is 0.769. The number of aryl methyl sites for hydroxylation is 2. The summed E-state index contributed by atoms with van der Waals surface area (Å²) < 4.78 is 1.90. The second kappa shape index (κ2) is 5.40. The molecule has 0 aromatic carbocycles. The van der Waals surface area contributed by atoms with Gasteiger partial charge < -0.3 is 5.32 Å². The molecule has 0 aliphatic carbocycles. The van der Waals surface area contributed by atoms with Crippen LogP contribution < -0.4 is 5.32 Å². The van der Waals surface area contributed by atoms with Crippen LogP contribution in [0.15, 0.2) is 0 Å². The monoisotopic (exact) mass is 257 g/mol. The summed E-state index contributed by atoms with van der Waals surface area (Å²) in [5, 5.41) is 8.54. The van der Waals surface area contributed by atoms with E-state index in [-0.39, 0.29) is 5.41 Å². The minimum absolute atomic E-state index is 0.259. The van der Waals surface area contributed by atoms with Gasteiger partial charge in [-0.2, -0.15) is 5.10 Å². The number of aromatic nitrogens is 2. The number of hydrogen-bond acceptors (Lipinski definition) is 2. The fourth-order valence-corrected chi connectivity index (χ4v) is 2.50. The number of nitrogens with one attached hydrogen (secondary N) is 1. The summed E-state index contributed by atoms with van der Waals surface area (Å²) >= 11 is 6.25. The number of halogens is 1. The maximum atomic E-state index is 6.25. The van der Waals surface area contributed by atoms with Gasteiger partial charge in [0, 0.05) is 13.1 Å². The third-order valence-corrected chi connectivity index (χ3v) is 3.82. The highest BCUT2D eigenvalue weighted by Crippen LogP contribution is 2.26. The van der Waals surface area contributed by atoms with Gasteiger partial charge in [-0.05, 0) is 32.2 Å². The molecule has 0 spiro atoms. The SMILES string of the molecule is CNC(CCc1c(Cl)c(C)nn1C)C(C)(C)C. The van der Waals surface area contributed by atoms with Crippen molar-refractivity contribution in [3.8, 4) is 0 Å². The highest BCUT2D eigenvalue weighted by Gasteiger charge is 2.23. The van der Waals surface area contributed by atoms with Crippen molar-refractivity contribution in [1.29, 1.82) is 0 Å². The minimum Gasteiger partial charge on any atom is -0.316 e. The zero-order valence-corrected chi connectivity index (χ0v) is 12.5. The Morgan fingerprint density at radius 3 is 2.35 bits per heavy atom. The highest BCUT2D eigenvalue weighted by molar-refractivity contribution is 6.31. The molecule has 1 N–H and O–H groups in total. The van der Waals surface area contributed by atoms with Gasteiger partial charge in [-0.25, -0.2) is 0 Å². The van der Waals surface area contributed by atoms with Crippen LogP contribution in [-0.2, 0) is 13.5 Å². The molecule has 0 radical (unpaired) electrons. The Balaban J connectivity index is 2.73. The lowest BCUT2D eigenvalue weighted by Gasteiger charge is -2.30. The van der Waals surface area contributed by atoms with Crippen molar-refractivity contribution in [2.24, 2.45) is 12.5 Å². The second-order valence-corrected chi connectivity index (χ2v) is 6.09. The van der Waals surface area contributed by atoms with Crippen LogP contribution in [0, 0.1) is 12.3 Å². The van der Waals surface area contributed by atoms with Gasteiger partial charge in [0.15, 0.2) is 0 Å². The molecule has 1 atom stereocenters. The van der Waals surface area contributed by atoms with E-state index in [1.165, 1.54) is 0 Å². The molecule has 1 aromatic heterocycles. The molecule has 1 aromatic rings. The highest BCUT2D eigenvalue weighted by atomic mass is 35.5. The van der Waals surface area contributed by atoms with Gasteiger partial charge in [0.25, 0.3) is 0 Å². The lowest BCUT2D eigenvalue weighted by atomic mass is 9.84. The fourth-order valence-electron chi connectivity index (χ4n) is 2.24. The van der Waals surface area contributed by atoms with Gasteiger partial charge in [0.05, 0.1) is 16.4 Å². The molecule has 0 fully saturated rings. The second-order valence-electron chi connectivity index (χ2n) is 5.72. The van der Waals surface area contributed by atoms with Gasteiger partial charge in [-0.15, -0.1) is 0 Å². The van der Waals surface area contributed by atoms with Crippen molar-refractivity contribution >= 4 is 11.6 Å². The quantitative estimate of drug-likeness (QED) is 0.899. The summed E-state index contributed by atoms with van der Waals surface area (Å²) in [7, 11) is 3.98. The molecule has 17 heavy (non-hydrogen) atoms. The van der Waals surface area contributed by atoms with Crippen LogP contribution in [0.5, 0.6) is 0 Å². The first-order valence-corrected chi connectivity index (χ1v) is 6.50. The summed E-state index contributed by atoms with van der Waals surface area (Å²) in [6.45, 7) is 8.71. The molecule has 4 heteroatoms. The minimum atomic E-state index is 0.259. The van der Waals surface area contributed by atoms with Crippen LogP contribution in [0.2, 0.25) is 5.02 Å². The first-order valence-electron chi connectivity index (χ1n) is 6.12. The van der Waals surface area contributed by atoms with Crippen molar-refractivity contribution in [3.05, 3.63) is 16.4 Å². The van der Waals surface area contributed by atoms with E-state index in [9.17, 15) is 0 Å². The van der Waals surface area contributed by atoms with Gasteiger partial charge in [-0.3, -0.25) is 4.68 Å². The van der Waals surface area contributed by atoms with E-state index in [0.717, 1.165) is 29.3 Å². The topological polar surface area (TPSA) is 29.9 Å². The van der Waals surface area contributed by atoms with Crippen LogP contribution >= 0.6 is 11.6 Å². The van der Waals surface area contributed by atoms with E-state index in [0.29, 0.717) is 6.04 Å². The molecule has 0 amide bonds. The maximum Gasteiger partial charge on any atom is 0.0846 e.